The second-order valence-electron chi connectivity index (χ2n) is 3.25. The molecule has 0 aromatic heterocycles. The molecule has 0 radical (unpaired) electrons. The second-order valence-corrected chi connectivity index (χ2v) is 3.25. The van der Waals surface area contributed by atoms with Crippen molar-refractivity contribution in [1.29, 1.82) is 0 Å². The van der Waals surface area contributed by atoms with E-state index in [1.165, 1.54) is 0 Å². The zero-order valence-corrected chi connectivity index (χ0v) is 8.85. The van der Waals surface area contributed by atoms with Gasteiger partial charge in [-0.15, -0.1) is 0 Å². The maximum atomic E-state index is 3.19. The monoisotopic (exact) mass is 173 g/mol. The Morgan fingerprint density at radius 2 is 1.75 bits per heavy atom. The van der Waals surface area contributed by atoms with Gasteiger partial charge in [-0.05, 0) is 26.9 Å². The zero-order valence-electron chi connectivity index (χ0n) is 8.85. The molecule has 0 rings (SSSR count). The minimum atomic E-state index is 0.515. The summed E-state index contributed by atoms with van der Waals surface area (Å²) >= 11 is 0. The fourth-order valence-electron chi connectivity index (χ4n) is 1.03. The highest BCUT2D eigenvalue weighted by Gasteiger charge is 1.97. The number of hydrogen-bond donors (Lipinski definition) is 2. The average Bonchev–Trinajstić information content (AvgIpc) is 2.04. The molecule has 0 unspecified atom stereocenters. The molecule has 0 bridgehead atoms. The molecule has 74 valence electrons. The molecule has 2 N–H and O–H groups in total. The van der Waals surface area contributed by atoms with Crippen LogP contribution in [0.3, 0.4) is 0 Å². The second kappa shape index (κ2) is 7.53. The molecule has 0 amide bonds. The minimum Gasteiger partial charge on any atom is -0.303 e. The van der Waals surface area contributed by atoms with Crippen LogP contribution < -0.4 is 10.9 Å². The Kier molecular flexibility index (Phi) is 7.45. The van der Waals surface area contributed by atoms with Crippen LogP contribution in [0.5, 0.6) is 0 Å². The predicted molar refractivity (Wildman–Crippen MR) is 54.1 cm³/mol. The number of likely N-dealkylation sites (N-methyl/N-ethyl adjacent to an activating group) is 1. The molecule has 0 aromatic carbocycles. The van der Waals surface area contributed by atoms with E-state index in [9.17, 15) is 0 Å². The first kappa shape index (κ1) is 11.9. The Balaban J connectivity index is 3.17. The maximum absolute atomic E-state index is 3.19. The Morgan fingerprint density at radius 3 is 2.17 bits per heavy atom. The average molecular weight is 173 g/mol. The lowest BCUT2D eigenvalue weighted by molar-refractivity contribution is 0.292. The Morgan fingerprint density at radius 1 is 1.17 bits per heavy atom. The lowest BCUT2D eigenvalue weighted by Crippen LogP contribution is -2.42. The van der Waals surface area contributed by atoms with Crippen molar-refractivity contribution in [3.63, 3.8) is 0 Å². The summed E-state index contributed by atoms with van der Waals surface area (Å²) < 4.78 is 0. The topological polar surface area (TPSA) is 27.3 Å². The van der Waals surface area contributed by atoms with Gasteiger partial charge in [0.25, 0.3) is 0 Å². The van der Waals surface area contributed by atoms with Crippen molar-refractivity contribution in [2.75, 3.05) is 26.2 Å². The van der Waals surface area contributed by atoms with Gasteiger partial charge in [0.05, 0.1) is 0 Å². The first-order valence-corrected chi connectivity index (χ1v) is 4.91. The van der Waals surface area contributed by atoms with Gasteiger partial charge in [0.15, 0.2) is 0 Å². The van der Waals surface area contributed by atoms with Crippen molar-refractivity contribution in [3.05, 3.63) is 0 Å². The maximum Gasteiger partial charge on any atom is 0.0228 e. The van der Waals surface area contributed by atoms with Crippen LogP contribution in [0.1, 0.15) is 27.7 Å². The van der Waals surface area contributed by atoms with Gasteiger partial charge in [0.2, 0.25) is 0 Å². The van der Waals surface area contributed by atoms with Gasteiger partial charge in [0, 0.05) is 19.1 Å². The highest BCUT2D eigenvalue weighted by molar-refractivity contribution is 4.54. The summed E-state index contributed by atoms with van der Waals surface area (Å²) in [6, 6.07) is 0.515. The van der Waals surface area contributed by atoms with Crippen molar-refractivity contribution in [2.45, 2.75) is 33.7 Å². The Hall–Kier alpha value is -0.120. The fourth-order valence-corrected chi connectivity index (χ4v) is 1.03. The number of nitrogens with zero attached hydrogens (tertiary/aromatic N) is 1. The van der Waals surface area contributed by atoms with Crippen LogP contribution in [0.25, 0.3) is 0 Å². The van der Waals surface area contributed by atoms with E-state index < -0.39 is 0 Å². The lowest BCUT2D eigenvalue weighted by atomic mass is 10.4. The van der Waals surface area contributed by atoms with E-state index in [0.717, 1.165) is 26.2 Å². The van der Waals surface area contributed by atoms with E-state index in [-0.39, 0.29) is 0 Å². The van der Waals surface area contributed by atoms with E-state index in [0.29, 0.717) is 6.04 Å². The summed E-state index contributed by atoms with van der Waals surface area (Å²) in [4.78, 5) is 2.40. The smallest absolute Gasteiger partial charge is 0.0228 e. The SMILES string of the molecule is CCN(CC)CCNNC(C)C. The summed E-state index contributed by atoms with van der Waals surface area (Å²) in [5, 5.41) is 0. The molecular weight excluding hydrogens is 150 g/mol. The largest absolute Gasteiger partial charge is 0.303 e. The van der Waals surface area contributed by atoms with Crippen molar-refractivity contribution in [1.82, 2.24) is 15.8 Å². The summed E-state index contributed by atoms with van der Waals surface area (Å²) in [6.07, 6.45) is 0. The van der Waals surface area contributed by atoms with Crippen LogP contribution >= 0.6 is 0 Å². The van der Waals surface area contributed by atoms with Crippen LogP contribution in [0.15, 0.2) is 0 Å². The summed E-state index contributed by atoms with van der Waals surface area (Å²) in [7, 11) is 0. The van der Waals surface area contributed by atoms with Gasteiger partial charge in [0.1, 0.15) is 0 Å². The van der Waals surface area contributed by atoms with E-state index in [2.05, 4.69) is 43.4 Å². The van der Waals surface area contributed by atoms with Crippen LogP contribution in [0, 0.1) is 0 Å². The minimum absolute atomic E-state index is 0.515. The Labute approximate surface area is 76.5 Å². The molecule has 0 atom stereocenters. The molecule has 0 saturated heterocycles. The van der Waals surface area contributed by atoms with Gasteiger partial charge in [-0.1, -0.05) is 13.8 Å². The van der Waals surface area contributed by atoms with Crippen LogP contribution in [0.4, 0.5) is 0 Å². The highest BCUT2D eigenvalue weighted by Crippen LogP contribution is 1.83. The molecule has 0 heterocycles. The molecule has 0 aliphatic carbocycles. The first-order valence-electron chi connectivity index (χ1n) is 4.91. The molecule has 0 aliphatic heterocycles. The van der Waals surface area contributed by atoms with Gasteiger partial charge in [-0.3, -0.25) is 10.9 Å². The predicted octanol–water partition coefficient (Wildman–Crippen LogP) is 0.831. The van der Waals surface area contributed by atoms with Crippen molar-refractivity contribution < 1.29 is 0 Å². The normalized spacial score (nSPS) is 11.5. The van der Waals surface area contributed by atoms with Gasteiger partial charge in [-0.25, -0.2) is 0 Å². The van der Waals surface area contributed by atoms with E-state index in [1.54, 1.807) is 0 Å². The van der Waals surface area contributed by atoms with Crippen LogP contribution in [0.2, 0.25) is 0 Å². The van der Waals surface area contributed by atoms with Crippen molar-refractivity contribution >= 4 is 0 Å². The number of hydrogen-bond acceptors (Lipinski definition) is 3. The standard InChI is InChI=1S/C9H23N3/c1-5-12(6-2)8-7-10-11-9(3)4/h9-11H,5-8H2,1-4H3. The molecule has 3 heteroatoms. The molecule has 3 nitrogen and oxygen atoms in total. The number of rotatable bonds is 7. The summed E-state index contributed by atoms with van der Waals surface area (Å²) in [5.41, 5.74) is 6.36. The molecular formula is C9H23N3. The number of nitrogens with one attached hydrogen (secondary N) is 2. The first-order chi connectivity index (χ1) is 5.70. The highest BCUT2D eigenvalue weighted by atomic mass is 15.4. The van der Waals surface area contributed by atoms with Crippen LogP contribution in [-0.2, 0) is 0 Å². The van der Waals surface area contributed by atoms with E-state index in [4.69, 9.17) is 0 Å². The third kappa shape index (κ3) is 6.58. The fraction of sp³-hybridized carbons (Fsp3) is 1.00. The zero-order chi connectivity index (χ0) is 9.40. The van der Waals surface area contributed by atoms with Gasteiger partial charge < -0.3 is 4.90 Å². The molecule has 12 heavy (non-hydrogen) atoms. The quantitative estimate of drug-likeness (QED) is 0.441. The van der Waals surface area contributed by atoms with E-state index in [1.807, 2.05) is 0 Å². The van der Waals surface area contributed by atoms with Crippen molar-refractivity contribution in [3.8, 4) is 0 Å². The summed E-state index contributed by atoms with van der Waals surface area (Å²) in [5.74, 6) is 0. The molecule has 0 aromatic rings. The van der Waals surface area contributed by atoms with Crippen LogP contribution in [-0.4, -0.2) is 37.1 Å². The molecule has 0 fully saturated rings. The Bertz CT molecular complexity index is 89.8. The van der Waals surface area contributed by atoms with Gasteiger partial charge >= 0.3 is 0 Å². The molecule has 0 saturated carbocycles. The third-order valence-electron chi connectivity index (χ3n) is 1.84. The van der Waals surface area contributed by atoms with Gasteiger partial charge in [-0.2, -0.15) is 0 Å². The number of hydrazine groups is 1. The summed E-state index contributed by atoms with van der Waals surface area (Å²) in [6.45, 7) is 13.1. The van der Waals surface area contributed by atoms with Crippen molar-refractivity contribution in [2.24, 2.45) is 0 Å². The molecule has 0 aliphatic rings. The lowest BCUT2D eigenvalue weighted by Gasteiger charge is -2.18. The third-order valence-corrected chi connectivity index (χ3v) is 1.84. The molecule has 0 spiro atoms. The van der Waals surface area contributed by atoms with E-state index >= 15 is 0 Å².